The number of carbonyl (C=O) groups excluding carboxylic acids is 2. The van der Waals surface area contributed by atoms with Crippen LogP contribution >= 0.6 is 50.7 Å². The van der Waals surface area contributed by atoms with Crippen LogP contribution in [0.1, 0.15) is 105 Å². The second kappa shape index (κ2) is 53.8. The Morgan fingerprint density at radius 3 is 1.16 bits per heavy atom. The number of alkyl halides is 1. The largest absolute Gasteiger partial charge is 0.379 e. The summed E-state index contributed by atoms with van der Waals surface area (Å²) in [6.45, 7) is 36.9. The van der Waals surface area contributed by atoms with Gasteiger partial charge in [0.05, 0.1) is 137 Å². The number of morpholine rings is 4. The van der Waals surface area contributed by atoms with E-state index < -0.39 is 0 Å². The van der Waals surface area contributed by atoms with E-state index in [-0.39, 0.29) is 11.8 Å². The van der Waals surface area contributed by atoms with Gasteiger partial charge in [0.1, 0.15) is 0 Å². The number of anilines is 8. The predicted octanol–water partition coefficient (Wildman–Crippen LogP) is 16.1. The van der Waals surface area contributed by atoms with Crippen molar-refractivity contribution in [2.24, 2.45) is 11.5 Å². The van der Waals surface area contributed by atoms with Crippen molar-refractivity contribution in [1.82, 2.24) is 44.9 Å². The molecule has 636 valence electrons. The number of aromatic amines is 1. The van der Waals surface area contributed by atoms with Crippen LogP contribution in [0.2, 0.25) is 15.9 Å². The number of nitrogens with zero attached hydrogens (tertiary/aromatic N) is 17. The van der Waals surface area contributed by atoms with E-state index in [1.54, 1.807) is 18.3 Å². The van der Waals surface area contributed by atoms with Crippen LogP contribution in [0.15, 0.2) is 177 Å². The van der Waals surface area contributed by atoms with Crippen LogP contribution in [0.3, 0.4) is 0 Å². The van der Waals surface area contributed by atoms with Crippen LogP contribution in [0.4, 0.5) is 46.0 Å². The Bertz CT molecular complexity index is 4530. The van der Waals surface area contributed by atoms with Gasteiger partial charge in [-0.3, -0.25) is 9.59 Å². The molecule has 27 nitrogen and oxygen atoms in total. The van der Waals surface area contributed by atoms with Crippen LogP contribution in [0.5, 0.6) is 0 Å². The van der Waals surface area contributed by atoms with E-state index in [2.05, 4.69) is 217 Å². The average molecular weight is 1750 g/mol. The number of primary amides is 2. The Labute approximate surface area is 725 Å². The first-order chi connectivity index (χ1) is 58.1. The number of nitrogens with one attached hydrogen (secondary N) is 2. The number of amides is 2. The highest BCUT2D eigenvalue weighted by Crippen LogP contribution is 2.41. The van der Waals surface area contributed by atoms with Crippen molar-refractivity contribution < 1.29 is 28.5 Å². The average Bonchev–Trinajstić information content (AvgIpc) is 1.39. The Kier molecular flexibility index (Phi) is 44.0. The van der Waals surface area contributed by atoms with Gasteiger partial charge < -0.3 is 75.0 Å². The molecule has 0 saturated carbocycles. The molecule has 119 heavy (non-hydrogen) atoms. The Hall–Kier alpha value is -10.5. The van der Waals surface area contributed by atoms with Gasteiger partial charge in [-0.2, -0.15) is 25.5 Å². The van der Waals surface area contributed by atoms with Gasteiger partial charge in [-0.15, -0.1) is 0 Å². The van der Waals surface area contributed by atoms with Crippen LogP contribution in [0, 0.1) is 22.7 Å². The molecule has 4 saturated heterocycles. The molecule has 4 unspecified atom stereocenters. The number of aromatic nitrogens is 9. The number of hydrogen-bond acceptors (Lipinski definition) is 24. The second-order valence-corrected chi connectivity index (χ2v) is 27.7. The molecule has 5 aromatic heterocycles. The number of hydrogen-bond donors (Lipinski definition) is 4. The van der Waals surface area contributed by atoms with Gasteiger partial charge in [-0.05, 0) is 69.2 Å². The van der Waals surface area contributed by atoms with Crippen molar-refractivity contribution in [3.63, 3.8) is 0 Å². The minimum atomic E-state index is -0.333. The van der Waals surface area contributed by atoms with Gasteiger partial charge >= 0.3 is 0 Å². The van der Waals surface area contributed by atoms with Crippen LogP contribution in [-0.4, -0.2) is 186 Å². The van der Waals surface area contributed by atoms with E-state index in [0.29, 0.717) is 40.0 Å². The van der Waals surface area contributed by atoms with Crippen molar-refractivity contribution in [2.75, 3.05) is 145 Å². The summed E-state index contributed by atoms with van der Waals surface area (Å²) in [7, 11) is 0. The van der Waals surface area contributed by atoms with Gasteiger partial charge in [0.15, 0.2) is 29.1 Å². The number of benzene rings is 5. The SMILES string of the molecule is BrCc1ccccc1.CC.CC.CC.CC.CC#N.CC#N.CC(N)=O.CC(N)=O.Clc1ncc2c(n1)N1CCOCC1CN2.Clc1ncc2c(n1)N1CCOCC1CN2Cc1ccccc1.Clc1ncc2c(n1)N1CCOCC1CN2Cc1ccccc1.c1ccc(CN2CC3COCCN3c3nc(-c4cccc5[nH]ccc45)ncc32)cc1. The molecule has 5 aromatic carbocycles. The molecule has 2 amide bonds. The summed E-state index contributed by atoms with van der Waals surface area (Å²) in [6, 6.07) is 54.9. The van der Waals surface area contributed by atoms with Crippen molar-refractivity contribution in [3.05, 3.63) is 215 Å². The maximum atomic E-state index is 9.22. The number of nitriles is 2. The fourth-order valence-corrected chi connectivity index (χ4v) is 14.3. The first kappa shape index (κ1) is 97.3. The maximum Gasteiger partial charge on any atom is 0.224 e. The minimum Gasteiger partial charge on any atom is -0.379 e. The lowest BCUT2D eigenvalue weighted by Gasteiger charge is -2.45. The van der Waals surface area contributed by atoms with E-state index in [0.717, 1.165) is 198 Å². The third-order valence-electron chi connectivity index (χ3n) is 18.3. The lowest BCUT2D eigenvalue weighted by Crippen LogP contribution is -2.55. The van der Waals surface area contributed by atoms with Crippen LogP contribution in [0.25, 0.3) is 22.3 Å². The van der Waals surface area contributed by atoms with Gasteiger partial charge in [0.2, 0.25) is 27.7 Å². The molecule has 0 spiro atoms. The molecule has 4 atom stereocenters. The zero-order chi connectivity index (χ0) is 86.4. The van der Waals surface area contributed by atoms with Gasteiger partial charge in [0.25, 0.3) is 0 Å². The Morgan fingerprint density at radius 1 is 0.462 bits per heavy atom. The van der Waals surface area contributed by atoms with E-state index in [4.69, 9.17) is 74.2 Å². The van der Waals surface area contributed by atoms with E-state index in [1.165, 1.54) is 49.9 Å². The molecule has 18 rings (SSSR count). The molecule has 31 heteroatoms. The summed E-state index contributed by atoms with van der Waals surface area (Å²) in [5.41, 5.74) is 20.4. The molecule has 4 fully saturated rings. The lowest BCUT2D eigenvalue weighted by molar-refractivity contribution is -0.116. The number of fused-ring (bicyclic) bond motifs is 13. The summed E-state index contributed by atoms with van der Waals surface area (Å²) in [6.07, 6.45) is 9.36. The number of nitrogens with two attached hydrogens (primary N) is 2. The first-order valence-electron chi connectivity index (χ1n) is 40.3. The summed E-state index contributed by atoms with van der Waals surface area (Å²) < 4.78 is 22.5. The van der Waals surface area contributed by atoms with E-state index >= 15 is 0 Å². The van der Waals surface area contributed by atoms with E-state index in [1.807, 2.05) is 111 Å². The van der Waals surface area contributed by atoms with Gasteiger partial charge in [0, 0.05) is 128 Å². The fraction of sp³-hybridized carbons (Fsp3) is 0.409. The van der Waals surface area contributed by atoms with Crippen molar-refractivity contribution in [3.8, 4) is 23.5 Å². The van der Waals surface area contributed by atoms with Crippen molar-refractivity contribution in [2.45, 2.75) is 132 Å². The monoisotopic (exact) mass is 1750 g/mol. The molecule has 0 aliphatic carbocycles. The smallest absolute Gasteiger partial charge is 0.224 e. The molecule has 6 N–H and O–H groups in total. The summed E-state index contributed by atoms with van der Waals surface area (Å²) in [4.78, 5) is 73.4. The number of halogens is 4. The predicted molar refractivity (Wildman–Crippen MR) is 486 cm³/mol. The minimum absolute atomic E-state index is 0.294. The molecule has 8 aliphatic rings. The zero-order valence-electron chi connectivity index (χ0n) is 70.4. The van der Waals surface area contributed by atoms with Gasteiger partial charge in [-0.25, -0.2) is 24.9 Å². The van der Waals surface area contributed by atoms with Crippen LogP contribution in [-0.2, 0) is 53.5 Å². The summed E-state index contributed by atoms with van der Waals surface area (Å²) in [5.74, 6) is 3.87. The topological polar surface area (TPSA) is 324 Å². The third-order valence-corrected chi connectivity index (χ3v) is 19.4. The summed E-state index contributed by atoms with van der Waals surface area (Å²) >= 11 is 21.2. The van der Waals surface area contributed by atoms with Crippen LogP contribution < -0.4 is 51.1 Å². The first-order valence-corrected chi connectivity index (χ1v) is 42.5. The Balaban J connectivity index is 0.000000224. The number of ether oxygens (including phenoxy) is 4. The molecule has 0 bridgehead atoms. The molecule has 13 heterocycles. The Morgan fingerprint density at radius 2 is 0.790 bits per heavy atom. The number of rotatable bonds is 8. The molecule has 8 aliphatic heterocycles. The van der Waals surface area contributed by atoms with Crippen molar-refractivity contribution in [1.29, 1.82) is 10.5 Å². The van der Waals surface area contributed by atoms with Gasteiger partial charge in [-0.1, -0.05) is 205 Å². The normalized spacial score (nSPS) is 16.6. The molecule has 0 radical (unpaired) electrons. The fourth-order valence-electron chi connectivity index (χ4n) is 13.5. The lowest BCUT2D eigenvalue weighted by atomic mass is 10.1. The number of H-pyrrole nitrogens is 1. The highest BCUT2D eigenvalue weighted by atomic mass is 79.9. The number of carbonyl (C=O) groups is 2. The molecular formula is C88H115BrCl3N21O6. The van der Waals surface area contributed by atoms with Crippen molar-refractivity contribution >= 4 is 119 Å². The quantitative estimate of drug-likeness (QED) is 0.0811. The zero-order valence-corrected chi connectivity index (χ0v) is 74.3. The highest BCUT2D eigenvalue weighted by Gasteiger charge is 2.38. The maximum absolute atomic E-state index is 9.22. The molecular weight excluding hydrogens is 1630 g/mol. The highest BCUT2D eigenvalue weighted by molar-refractivity contribution is 9.08. The standard InChI is InChI=1S/C24H23N5O.2C16H17ClN4O.C9H11ClN4O.C7H7Br.2C2H5NO.2C2H3N.4C2H6/c1-2-5-17(6-3-1)14-28-15-18-16-30-12-11-29(18)24-22(28)13-26-23(27-24)20-7-4-8-21-19(20)9-10-25-21;2*17-16-18-8-14-15(19-16)21-6-7-22-11-13(21)10-20(14)9-12-4-2-1-3-5-12;10-9-12-4-7-8(13-9)14-1-2-15-5-6(14)3-11-7;8-6-7-4-2-1-3-5-7;2*1-2(3)4;2*1-2-3;4*1-2/h1-10,13,18,25H,11-12,14-16H2;2*1-5,8,13H,6-7,9-11H2;4,6,11H,1-3,5H2;1-5H,6H2;2*1H3,(H2,3,4);2*1H3;4*1-2H3. The second-order valence-electron chi connectivity index (χ2n) is 26.2. The summed E-state index contributed by atoms with van der Waals surface area (Å²) in [5, 5.41) is 20.9. The molecule has 10 aromatic rings. The van der Waals surface area contributed by atoms with E-state index in [9.17, 15) is 9.59 Å². The third kappa shape index (κ3) is 29.7.